The van der Waals surface area contributed by atoms with E-state index in [0.29, 0.717) is 0 Å². The Balaban J connectivity index is 2.45. The summed E-state index contributed by atoms with van der Waals surface area (Å²) in [5, 5.41) is 9.57. The zero-order valence-electron chi connectivity index (χ0n) is 8.72. The second-order valence-corrected chi connectivity index (χ2v) is 6.95. The Bertz CT molecular complexity index is 369. The van der Waals surface area contributed by atoms with Crippen molar-refractivity contribution in [3.63, 3.8) is 0 Å². The van der Waals surface area contributed by atoms with Gasteiger partial charge < -0.3 is 5.11 Å². The first kappa shape index (κ1) is 10.7. The highest BCUT2D eigenvalue weighted by atomic mass is 79.9. The molecule has 1 fully saturated rings. The van der Waals surface area contributed by atoms with Gasteiger partial charge in [0.05, 0.1) is 6.61 Å². The number of hydrogen-bond donors (Lipinski definition) is 1. The van der Waals surface area contributed by atoms with Crippen molar-refractivity contribution in [2.75, 3.05) is 6.61 Å². The van der Waals surface area contributed by atoms with Crippen molar-refractivity contribution in [2.24, 2.45) is 5.41 Å². The van der Waals surface area contributed by atoms with Crippen molar-refractivity contribution in [1.29, 1.82) is 0 Å². The fraction of sp³-hybridized carbons (Fsp3) is 0.636. The summed E-state index contributed by atoms with van der Waals surface area (Å²) in [6.45, 7) is 6.83. The zero-order chi connectivity index (χ0) is 10.6. The first-order chi connectivity index (χ1) is 6.43. The van der Waals surface area contributed by atoms with Crippen molar-refractivity contribution in [2.45, 2.75) is 32.6 Å². The van der Waals surface area contributed by atoms with E-state index in [0.717, 1.165) is 6.42 Å². The van der Waals surface area contributed by atoms with Gasteiger partial charge in [0.2, 0.25) is 0 Å². The molecule has 0 spiro atoms. The van der Waals surface area contributed by atoms with Gasteiger partial charge in [0.15, 0.2) is 0 Å². The Kier molecular flexibility index (Phi) is 2.33. The van der Waals surface area contributed by atoms with Crippen LogP contribution in [0.3, 0.4) is 0 Å². The van der Waals surface area contributed by atoms with Gasteiger partial charge in [-0.05, 0) is 40.8 Å². The molecule has 1 heterocycles. The zero-order valence-corrected chi connectivity index (χ0v) is 11.1. The van der Waals surface area contributed by atoms with E-state index in [1.54, 1.807) is 11.3 Å². The molecule has 1 aliphatic carbocycles. The van der Waals surface area contributed by atoms with Crippen molar-refractivity contribution >= 4 is 27.3 Å². The molecule has 1 unspecified atom stereocenters. The third-order valence-electron chi connectivity index (χ3n) is 3.43. The maximum atomic E-state index is 9.57. The monoisotopic (exact) mass is 274 g/mol. The van der Waals surface area contributed by atoms with Gasteiger partial charge >= 0.3 is 0 Å². The molecule has 1 atom stereocenters. The van der Waals surface area contributed by atoms with E-state index in [2.05, 4.69) is 42.8 Å². The Morgan fingerprint density at radius 1 is 1.57 bits per heavy atom. The van der Waals surface area contributed by atoms with Gasteiger partial charge in [-0.2, -0.15) is 0 Å². The lowest BCUT2D eigenvalue weighted by Crippen LogP contribution is -2.18. The molecule has 1 saturated carbocycles. The fourth-order valence-corrected chi connectivity index (χ4v) is 4.63. The molecule has 78 valence electrons. The Hall–Kier alpha value is 0.140. The molecule has 1 aliphatic rings. The molecule has 2 rings (SSSR count). The van der Waals surface area contributed by atoms with Crippen molar-refractivity contribution < 1.29 is 5.11 Å². The van der Waals surface area contributed by atoms with Gasteiger partial charge in [0, 0.05) is 19.6 Å². The first-order valence-electron chi connectivity index (χ1n) is 4.80. The Morgan fingerprint density at radius 3 is 2.43 bits per heavy atom. The molecule has 0 aliphatic heterocycles. The molecule has 0 amide bonds. The van der Waals surface area contributed by atoms with E-state index in [9.17, 15) is 5.11 Å². The highest BCUT2D eigenvalue weighted by Crippen LogP contribution is 2.66. The first-order valence-corrected chi connectivity index (χ1v) is 6.41. The van der Waals surface area contributed by atoms with Crippen LogP contribution in [0.4, 0.5) is 0 Å². The molecule has 0 aromatic carbocycles. The SMILES string of the molecule is Cc1cc(Br)c(C2(CO)CC2(C)C)s1. The molecule has 3 heteroatoms. The second-order valence-electron chi connectivity index (χ2n) is 4.83. The van der Waals surface area contributed by atoms with Crippen LogP contribution in [-0.2, 0) is 5.41 Å². The van der Waals surface area contributed by atoms with Gasteiger partial charge in [-0.3, -0.25) is 0 Å². The maximum Gasteiger partial charge on any atom is 0.0541 e. The second kappa shape index (κ2) is 3.06. The predicted molar refractivity (Wildman–Crippen MR) is 63.9 cm³/mol. The molecular weight excluding hydrogens is 260 g/mol. The van der Waals surface area contributed by atoms with E-state index in [-0.39, 0.29) is 17.4 Å². The van der Waals surface area contributed by atoms with Crippen LogP contribution < -0.4 is 0 Å². The third kappa shape index (κ3) is 1.29. The normalized spacial score (nSPS) is 29.2. The lowest BCUT2D eigenvalue weighted by atomic mass is 9.95. The fourth-order valence-electron chi connectivity index (χ4n) is 2.25. The predicted octanol–water partition coefficient (Wildman–Crippen LogP) is 3.48. The molecule has 1 N–H and O–H groups in total. The van der Waals surface area contributed by atoms with Crippen LogP contribution >= 0.6 is 27.3 Å². The molecule has 1 aromatic heterocycles. The van der Waals surface area contributed by atoms with Crippen LogP contribution in [0, 0.1) is 12.3 Å². The molecule has 0 radical (unpaired) electrons. The van der Waals surface area contributed by atoms with E-state index < -0.39 is 0 Å². The highest BCUT2D eigenvalue weighted by molar-refractivity contribution is 9.10. The number of halogens is 1. The number of thiophene rings is 1. The van der Waals surface area contributed by atoms with Crippen LogP contribution in [-0.4, -0.2) is 11.7 Å². The summed E-state index contributed by atoms with van der Waals surface area (Å²) in [7, 11) is 0. The van der Waals surface area contributed by atoms with Gasteiger partial charge in [0.25, 0.3) is 0 Å². The minimum atomic E-state index is 0.0186. The van der Waals surface area contributed by atoms with Crippen molar-refractivity contribution in [3.05, 3.63) is 20.3 Å². The molecule has 1 aromatic rings. The topological polar surface area (TPSA) is 20.2 Å². The molecule has 1 nitrogen and oxygen atoms in total. The summed E-state index contributed by atoms with van der Waals surface area (Å²) in [4.78, 5) is 2.63. The van der Waals surface area contributed by atoms with Gasteiger partial charge in [-0.25, -0.2) is 0 Å². The summed E-state index contributed by atoms with van der Waals surface area (Å²) in [5.41, 5.74) is 0.270. The Labute approximate surface area is 97.3 Å². The summed E-state index contributed by atoms with van der Waals surface area (Å²) < 4.78 is 1.17. The van der Waals surface area contributed by atoms with Crippen LogP contribution in [0.15, 0.2) is 10.5 Å². The Morgan fingerprint density at radius 2 is 2.14 bits per heavy atom. The lowest BCUT2D eigenvalue weighted by Gasteiger charge is -2.16. The molecule has 14 heavy (non-hydrogen) atoms. The van der Waals surface area contributed by atoms with Gasteiger partial charge in [-0.1, -0.05) is 13.8 Å². The van der Waals surface area contributed by atoms with Crippen LogP contribution in [0.1, 0.15) is 30.0 Å². The summed E-state index contributed by atoms with van der Waals surface area (Å²) in [6.07, 6.45) is 1.09. The average molecular weight is 275 g/mol. The number of hydrogen-bond acceptors (Lipinski definition) is 2. The van der Waals surface area contributed by atoms with Crippen molar-refractivity contribution in [3.8, 4) is 0 Å². The van der Waals surface area contributed by atoms with Crippen LogP contribution in [0.2, 0.25) is 0 Å². The molecule has 0 saturated heterocycles. The number of rotatable bonds is 2. The number of aliphatic hydroxyl groups excluding tert-OH is 1. The molecular formula is C11H15BrOS. The number of aliphatic hydroxyl groups is 1. The van der Waals surface area contributed by atoms with Gasteiger partial charge in [-0.15, -0.1) is 11.3 Å². The van der Waals surface area contributed by atoms with Crippen LogP contribution in [0.25, 0.3) is 0 Å². The minimum Gasteiger partial charge on any atom is -0.395 e. The van der Waals surface area contributed by atoms with E-state index in [4.69, 9.17) is 0 Å². The smallest absolute Gasteiger partial charge is 0.0541 e. The average Bonchev–Trinajstić information content (AvgIpc) is 2.48. The molecule has 0 bridgehead atoms. The van der Waals surface area contributed by atoms with Gasteiger partial charge in [0.1, 0.15) is 0 Å². The quantitative estimate of drug-likeness (QED) is 0.876. The van der Waals surface area contributed by atoms with E-state index >= 15 is 0 Å². The number of aryl methyl sites for hydroxylation is 1. The summed E-state index contributed by atoms with van der Waals surface area (Å²) in [6, 6.07) is 2.14. The van der Waals surface area contributed by atoms with E-state index in [1.165, 1.54) is 14.2 Å². The summed E-state index contributed by atoms with van der Waals surface area (Å²) in [5.74, 6) is 0. The largest absolute Gasteiger partial charge is 0.395 e. The van der Waals surface area contributed by atoms with E-state index in [1.807, 2.05) is 0 Å². The minimum absolute atomic E-state index is 0.0186. The maximum absolute atomic E-state index is 9.57. The van der Waals surface area contributed by atoms with Crippen molar-refractivity contribution in [1.82, 2.24) is 0 Å². The lowest BCUT2D eigenvalue weighted by molar-refractivity contribution is 0.233. The van der Waals surface area contributed by atoms with Crippen LogP contribution in [0.5, 0.6) is 0 Å². The standard InChI is InChI=1S/C11H15BrOS/c1-7-4-8(12)9(14-7)11(6-13)5-10(11,2)3/h4,13H,5-6H2,1-3H3. The third-order valence-corrected chi connectivity index (χ3v) is 5.57. The highest BCUT2D eigenvalue weighted by Gasteiger charge is 2.63. The summed E-state index contributed by atoms with van der Waals surface area (Å²) >= 11 is 5.39.